The van der Waals surface area contributed by atoms with Gasteiger partial charge < -0.3 is 0 Å². The maximum atomic E-state index is 14.8. The van der Waals surface area contributed by atoms with Crippen LogP contribution in [0.3, 0.4) is 0 Å². The molecule has 29 heavy (non-hydrogen) atoms. The Hall–Kier alpha value is -2.62. The van der Waals surface area contributed by atoms with Gasteiger partial charge in [-0.1, -0.05) is 54.6 Å². The molecule has 3 aromatic rings. The number of benzene rings is 3. The standard InChI is InChI=1S/C25H22F4/c1-15-7-12-19(23(27)22(15)26)17-8-10-18(11-9-17)21-14-13-20(24(28)25(21)29)16-5-3-2-4-6-16/h2-7,12-14,17-18H,8-11H2,1H3. The summed E-state index contributed by atoms with van der Waals surface area (Å²) in [4.78, 5) is 0. The van der Waals surface area contributed by atoms with Gasteiger partial charge in [-0.15, -0.1) is 0 Å². The van der Waals surface area contributed by atoms with Crippen LogP contribution in [0.25, 0.3) is 11.1 Å². The smallest absolute Gasteiger partial charge is 0.166 e. The van der Waals surface area contributed by atoms with Gasteiger partial charge in [0, 0.05) is 5.56 Å². The first-order valence-electron chi connectivity index (χ1n) is 9.95. The molecule has 0 unspecified atom stereocenters. The van der Waals surface area contributed by atoms with E-state index in [2.05, 4.69) is 0 Å². The third kappa shape index (κ3) is 3.68. The Labute approximate surface area is 168 Å². The molecule has 0 atom stereocenters. The molecule has 0 N–H and O–H groups in total. The second kappa shape index (κ2) is 8.02. The van der Waals surface area contributed by atoms with Gasteiger partial charge in [0.05, 0.1) is 0 Å². The molecule has 0 bridgehead atoms. The Morgan fingerprint density at radius 2 is 1.10 bits per heavy atom. The summed E-state index contributed by atoms with van der Waals surface area (Å²) in [5, 5.41) is 0. The highest BCUT2D eigenvalue weighted by Crippen LogP contribution is 2.43. The predicted molar refractivity (Wildman–Crippen MR) is 107 cm³/mol. The second-order valence-corrected chi connectivity index (χ2v) is 7.84. The fourth-order valence-electron chi connectivity index (χ4n) is 4.41. The quantitative estimate of drug-likeness (QED) is 0.397. The van der Waals surface area contributed by atoms with Gasteiger partial charge in [0.15, 0.2) is 23.3 Å². The van der Waals surface area contributed by atoms with E-state index in [1.165, 1.54) is 6.92 Å². The molecule has 4 heteroatoms. The summed E-state index contributed by atoms with van der Waals surface area (Å²) < 4.78 is 57.7. The highest BCUT2D eigenvalue weighted by Gasteiger charge is 2.29. The summed E-state index contributed by atoms with van der Waals surface area (Å²) in [5.41, 5.74) is 1.93. The van der Waals surface area contributed by atoms with Gasteiger partial charge in [0.2, 0.25) is 0 Å². The van der Waals surface area contributed by atoms with E-state index in [1.54, 1.807) is 48.5 Å². The van der Waals surface area contributed by atoms with Crippen molar-refractivity contribution < 1.29 is 17.6 Å². The van der Waals surface area contributed by atoms with Gasteiger partial charge in [0.25, 0.3) is 0 Å². The first kappa shape index (κ1) is 19.7. The molecule has 0 nitrogen and oxygen atoms in total. The third-order valence-electron chi connectivity index (χ3n) is 6.11. The molecule has 0 aliphatic heterocycles. The molecule has 0 saturated heterocycles. The number of hydrogen-bond donors (Lipinski definition) is 0. The molecule has 4 rings (SSSR count). The molecule has 1 aliphatic rings. The van der Waals surface area contributed by atoms with Crippen molar-refractivity contribution in [2.75, 3.05) is 0 Å². The van der Waals surface area contributed by atoms with Crippen LogP contribution in [0.5, 0.6) is 0 Å². The van der Waals surface area contributed by atoms with Gasteiger partial charge in [-0.2, -0.15) is 0 Å². The Morgan fingerprint density at radius 1 is 0.586 bits per heavy atom. The molecule has 150 valence electrons. The Balaban J connectivity index is 1.53. The van der Waals surface area contributed by atoms with E-state index in [0.29, 0.717) is 42.4 Å². The summed E-state index contributed by atoms with van der Waals surface area (Å²) in [7, 11) is 0. The van der Waals surface area contributed by atoms with E-state index in [9.17, 15) is 17.6 Å². The number of hydrogen-bond acceptors (Lipinski definition) is 0. The van der Waals surface area contributed by atoms with Crippen LogP contribution in [0.1, 0.15) is 54.2 Å². The first-order valence-corrected chi connectivity index (χ1v) is 9.95. The van der Waals surface area contributed by atoms with Crippen LogP contribution in [0.2, 0.25) is 0 Å². The van der Waals surface area contributed by atoms with E-state index < -0.39 is 23.3 Å². The molecule has 0 amide bonds. The minimum atomic E-state index is -0.831. The predicted octanol–water partition coefficient (Wildman–Crippen LogP) is 7.66. The average molecular weight is 398 g/mol. The molecule has 0 heterocycles. The SMILES string of the molecule is Cc1ccc(C2CCC(c3ccc(-c4ccccc4)c(F)c3F)CC2)c(F)c1F. The molecule has 1 aliphatic carbocycles. The molecule has 0 spiro atoms. The number of rotatable bonds is 3. The highest BCUT2D eigenvalue weighted by molar-refractivity contribution is 5.64. The normalized spacial score (nSPS) is 19.3. The zero-order valence-corrected chi connectivity index (χ0v) is 16.2. The molecular weight excluding hydrogens is 376 g/mol. The van der Waals surface area contributed by atoms with Crippen molar-refractivity contribution >= 4 is 0 Å². The van der Waals surface area contributed by atoms with Crippen LogP contribution in [0.4, 0.5) is 17.6 Å². The Kier molecular flexibility index (Phi) is 5.44. The van der Waals surface area contributed by atoms with Gasteiger partial charge in [-0.25, -0.2) is 17.6 Å². The van der Waals surface area contributed by atoms with Gasteiger partial charge in [-0.05, 0) is 66.7 Å². The zero-order valence-electron chi connectivity index (χ0n) is 16.2. The van der Waals surface area contributed by atoms with E-state index in [0.717, 1.165) is 0 Å². The van der Waals surface area contributed by atoms with Crippen molar-refractivity contribution in [1.82, 2.24) is 0 Å². The minimum absolute atomic E-state index is 0.0992. The maximum Gasteiger partial charge on any atom is 0.166 e. The van der Waals surface area contributed by atoms with Crippen LogP contribution >= 0.6 is 0 Å². The van der Waals surface area contributed by atoms with Crippen molar-refractivity contribution in [3.8, 4) is 11.1 Å². The van der Waals surface area contributed by atoms with Crippen LogP contribution in [-0.4, -0.2) is 0 Å². The lowest BCUT2D eigenvalue weighted by Crippen LogP contribution is -2.15. The maximum absolute atomic E-state index is 14.8. The molecule has 0 aromatic heterocycles. The van der Waals surface area contributed by atoms with Crippen LogP contribution < -0.4 is 0 Å². The monoisotopic (exact) mass is 398 g/mol. The lowest BCUT2D eigenvalue weighted by Gasteiger charge is -2.30. The zero-order chi connectivity index (χ0) is 20.5. The summed E-state index contributed by atoms with van der Waals surface area (Å²) in [6.45, 7) is 1.54. The van der Waals surface area contributed by atoms with Crippen molar-refractivity contribution in [2.24, 2.45) is 0 Å². The lowest BCUT2D eigenvalue weighted by molar-refractivity contribution is 0.370. The highest BCUT2D eigenvalue weighted by atomic mass is 19.2. The fraction of sp³-hybridized carbons (Fsp3) is 0.280. The van der Waals surface area contributed by atoms with Crippen molar-refractivity contribution in [2.45, 2.75) is 44.4 Å². The summed E-state index contributed by atoms with van der Waals surface area (Å²) in [5.74, 6) is -3.43. The summed E-state index contributed by atoms with van der Waals surface area (Å²) in [6, 6.07) is 15.4. The average Bonchev–Trinajstić information content (AvgIpc) is 2.75. The fourth-order valence-corrected chi connectivity index (χ4v) is 4.41. The Morgan fingerprint density at radius 3 is 1.69 bits per heavy atom. The van der Waals surface area contributed by atoms with Crippen LogP contribution in [-0.2, 0) is 0 Å². The topological polar surface area (TPSA) is 0 Å². The summed E-state index contributed by atoms with van der Waals surface area (Å²) in [6.07, 6.45) is 2.46. The van der Waals surface area contributed by atoms with Crippen LogP contribution in [0.15, 0.2) is 54.6 Å². The second-order valence-electron chi connectivity index (χ2n) is 7.84. The van der Waals surface area contributed by atoms with E-state index >= 15 is 0 Å². The van der Waals surface area contributed by atoms with Gasteiger partial charge >= 0.3 is 0 Å². The summed E-state index contributed by atoms with van der Waals surface area (Å²) >= 11 is 0. The van der Waals surface area contributed by atoms with Crippen molar-refractivity contribution in [3.63, 3.8) is 0 Å². The molecule has 1 saturated carbocycles. The van der Waals surface area contributed by atoms with Crippen LogP contribution in [0, 0.1) is 30.2 Å². The van der Waals surface area contributed by atoms with E-state index in [4.69, 9.17) is 0 Å². The molecule has 3 aromatic carbocycles. The lowest BCUT2D eigenvalue weighted by atomic mass is 9.75. The van der Waals surface area contributed by atoms with Crippen molar-refractivity contribution in [1.29, 1.82) is 0 Å². The molecule has 1 fully saturated rings. The molecular formula is C25H22F4. The van der Waals surface area contributed by atoms with E-state index in [-0.39, 0.29) is 23.0 Å². The van der Waals surface area contributed by atoms with E-state index in [1.807, 2.05) is 6.07 Å². The largest absolute Gasteiger partial charge is 0.203 e. The first-order chi connectivity index (χ1) is 14.0. The Bertz CT molecular complexity index is 1020. The van der Waals surface area contributed by atoms with Crippen molar-refractivity contribution in [3.05, 3.63) is 94.6 Å². The third-order valence-corrected chi connectivity index (χ3v) is 6.11. The van der Waals surface area contributed by atoms with Gasteiger partial charge in [0.1, 0.15) is 0 Å². The molecule has 0 radical (unpaired) electrons. The minimum Gasteiger partial charge on any atom is -0.203 e. The van der Waals surface area contributed by atoms with Gasteiger partial charge in [-0.3, -0.25) is 0 Å². The number of aryl methyl sites for hydroxylation is 1. The number of halogens is 4.